The largest absolute Gasteiger partial charge is 0.375 e. The lowest BCUT2D eigenvalue weighted by Gasteiger charge is -2.21. The van der Waals surface area contributed by atoms with Crippen LogP contribution in [0.5, 0.6) is 0 Å². The van der Waals surface area contributed by atoms with Crippen LogP contribution >= 0.6 is 11.3 Å². The molecule has 2 heterocycles. The van der Waals surface area contributed by atoms with Crippen LogP contribution in [0.3, 0.4) is 0 Å². The van der Waals surface area contributed by atoms with Crippen LogP contribution in [0.25, 0.3) is 87.1 Å². The van der Waals surface area contributed by atoms with Gasteiger partial charge in [0.2, 0.25) is 0 Å². The van der Waals surface area contributed by atoms with E-state index in [4.69, 9.17) is 9.97 Å². The van der Waals surface area contributed by atoms with Gasteiger partial charge in [0.05, 0.1) is 27.6 Å². The second-order valence-electron chi connectivity index (χ2n) is 15.1. The molecule has 10 rings (SSSR count). The third-order valence-electron chi connectivity index (χ3n) is 11.2. The van der Waals surface area contributed by atoms with Crippen molar-refractivity contribution in [3.8, 4) is 55.3 Å². The maximum absolute atomic E-state index is 5.79. The summed E-state index contributed by atoms with van der Waals surface area (Å²) in [6, 6.07) is 67.5. The van der Waals surface area contributed by atoms with Gasteiger partial charge in [-0.2, -0.15) is 0 Å². The van der Waals surface area contributed by atoms with Crippen LogP contribution in [0.15, 0.2) is 200 Å². The lowest BCUT2D eigenvalue weighted by molar-refractivity contribution is 0.978. The number of benzene rings is 8. The van der Waals surface area contributed by atoms with Crippen LogP contribution in [-0.4, -0.2) is 9.97 Å². The number of pyridine rings is 1. The summed E-state index contributed by atoms with van der Waals surface area (Å²) < 4.78 is 1.18. The van der Waals surface area contributed by atoms with E-state index in [0.29, 0.717) is 0 Å². The zero-order valence-electron chi connectivity index (χ0n) is 32.9. The minimum absolute atomic E-state index is 0.0352. The minimum Gasteiger partial charge on any atom is -0.375 e. The van der Waals surface area contributed by atoms with E-state index in [9.17, 15) is 0 Å². The third kappa shape index (κ3) is 7.20. The van der Waals surface area contributed by atoms with E-state index in [2.05, 4.69) is 219 Å². The maximum Gasteiger partial charge on any atom is 0.124 e. The Morgan fingerprint density at radius 2 is 1.08 bits per heavy atom. The number of para-hydroxylation sites is 2. The maximum atomic E-state index is 5.79. The first-order chi connectivity index (χ1) is 29.1. The van der Waals surface area contributed by atoms with E-state index in [-0.39, 0.29) is 6.04 Å². The van der Waals surface area contributed by atoms with Crippen molar-refractivity contribution in [3.05, 3.63) is 211 Å². The van der Waals surface area contributed by atoms with Gasteiger partial charge in [0.15, 0.2) is 0 Å². The molecule has 10 aromatic rings. The van der Waals surface area contributed by atoms with Gasteiger partial charge in [-0.3, -0.25) is 0 Å². The minimum atomic E-state index is -0.0352. The molecule has 2 aromatic heterocycles. The number of nitrogens with one attached hydrogen (secondary N) is 1. The van der Waals surface area contributed by atoms with E-state index < -0.39 is 0 Å². The molecule has 0 amide bonds. The molecule has 0 radical (unpaired) electrons. The lowest BCUT2D eigenvalue weighted by Crippen LogP contribution is -2.09. The van der Waals surface area contributed by atoms with Crippen molar-refractivity contribution in [1.82, 2.24) is 9.97 Å². The van der Waals surface area contributed by atoms with Crippen LogP contribution in [0.2, 0.25) is 0 Å². The molecular formula is C55H41N3S. The molecule has 1 atom stereocenters. The fraction of sp³-hybridized carbons (Fsp3) is 0.0545. The number of fused-ring (bicyclic) bond motifs is 3. The third-order valence-corrected chi connectivity index (χ3v) is 12.3. The second-order valence-corrected chi connectivity index (χ2v) is 16.1. The van der Waals surface area contributed by atoms with Crippen LogP contribution in [-0.2, 0) is 0 Å². The average Bonchev–Trinajstić information content (AvgIpc) is 3.74. The molecule has 0 aliphatic heterocycles. The Bertz CT molecular complexity index is 3160. The number of nitrogens with zero attached hydrogens (tertiary/aromatic N) is 2. The summed E-state index contributed by atoms with van der Waals surface area (Å²) in [6.45, 7) is 4.23. The van der Waals surface area contributed by atoms with Gasteiger partial charge in [-0.15, -0.1) is 11.3 Å². The standard InChI is InChI=1S/C55H41N3S/c1-3-14-50(56-49-24-9-4-15-36(49)2)43-20-12-21-44(33-43)53-47(41-29-27-37-16-5-7-18-39(37)31-41)35-48(42-30-28-38-17-6-8-19-40(38)32-42)54(58-53)45-22-13-23-46(34-45)55-57-51-25-10-11-26-52(51)59-55/h3-35,50,56H,1-2H3/b14-3+. The van der Waals surface area contributed by atoms with Gasteiger partial charge in [0.25, 0.3) is 0 Å². The molecule has 0 saturated heterocycles. The Morgan fingerprint density at radius 3 is 1.76 bits per heavy atom. The predicted molar refractivity (Wildman–Crippen MR) is 252 cm³/mol. The van der Waals surface area contributed by atoms with Crippen LogP contribution < -0.4 is 5.32 Å². The highest BCUT2D eigenvalue weighted by Crippen LogP contribution is 2.43. The van der Waals surface area contributed by atoms with Crippen molar-refractivity contribution in [2.45, 2.75) is 19.9 Å². The van der Waals surface area contributed by atoms with Crippen molar-refractivity contribution in [1.29, 1.82) is 0 Å². The molecule has 4 heteroatoms. The molecule has 0 fully saturated rings. The summed E-state index contributed by atoms with van der Waals surface area (Å²) in [5.41, 5.74) is 13.9. The first-order valence-corrected chi connectivity index (χ1v) is 20.9. The highest BCUT2D eigenvalue weighted by atomic mass is 32.1. The molecule has 0 saturated carbocycles. The van der Waals surface area contributed by atoms with E-state index in [1.165, 1.54) is 31.8 Å². The molecule has 0 aliphatic rings. The Labute approximate surface area is 349 Å². The Kier molecular flexibility index (Phi) is 9.61. The first kappa shape index (κ1) is 36.2. The van der Waals surface area contributed by atoms with Crippen LogP contribution in [0.4, 0.5) is 5.69 Å². The number of thiazole rings is 1. The zero-order valence-corrected chi connectivity index (χ0v) is 33.7. The van der Waals surface area contributed by atoms with E-state index >= 15 is 0 Å². The van der Waals surface area contributed by atoms with Gasteiger partial charge in [-0.1, -0.05) is 152 Å². The summed E-state index contributed by atoms with van der Waals surface area (Å²) in [5.74, 6) is 0. The smallest absolute Gasteiger partial charge is 0.124 e. The number of hydrogen-bond acceptors (Lipinski definition) is 4. The van der Waals surface area contributed by atoms with Crippen LogP contribution in [0, 0.1) is 6.92 Å². The van der Waals surface area contributed by atoms with Gasteiger partial charge in [-0.25, -0.2) is 9.97 Å². The summed E-state index contributed by atoms with van der Waals surface area (Å²) in [5, 5.41) is 9.62. The van der Waals surface area contributed by atoms with Crippen molar-refractivity contribution < 1.29 is 0 Å². The van der Waals surface area contributed by atoms with Gasteiger partial charge < -0.3 is 5.32 Å². The van der Waals surface area contributed by atoms with E-state index in [1.807, 2.05) is 0 Å². The quantitative estimate of drug-likeness (QED) is 0.148. The molecule has 59 heavy (non-hydrogen) atoms. The summed E-state index contributed by atoms with van der Waals surface area (Å²) in [6.07, 6.45) is 4.35. The number of rotatable bonds is 9. The first-order valence-electron chi connectivity index (χ1n) is 20.1. The van der Waals surface area contributed by atoms with Crippen molar-refractivity contribution in [2.75, 3.05) is 5.32 Å². The number of hydrogen-bond donors (Lipinski definition) is 1. The molecule has 3 nitrogen and oxygen atoms in total. The molecule has 0 spiro atoms. The van der Waals surface area contributed by atoms with Crippen molar-refractivity contribution in [2.24, 2.45) is 0 Å². The summed E-state index contributed by atoms with van der Waals surface area (Å²) in [7, 11) is 0. The highest BCUT2D eigenvalue weighted by molar-refractivity contribution is 7.21. The SMILES string of the molecule is C/C=C/C(Nc1ccccc1C)c1cccc(-c2nc(-c3cccc(-c4nc5ccccc5s4)c3)c(-c3ccc4ccccc4c3)cc2-c2ccc3ccccc3c2)c1. The zero-order chi connectivity index (χ0) is 39.7. The average molecular weight is 776 g/mol. The van der Waals surface area contributed by atoms with Gasteiger partial charge in [0, 0.05) is 33.5 Å². The lowest BCUT2D eigenvalue weighted by atomic mass is 9.89. The predicted octanol–water partition coefficient (Wildman–Crippen LogP) is 15.4. The molecule has 1 unspecified atom stereocenters. The topological polar surface area (TPSA) is 37.8 Å². The van der Waals surface area contributed by atoms with E-state index in [0.717, 1.165) is 72.1 Å². The van der Waals surface area contributed by atoms with Gasteiger partial charge in [-0.05, 0) is 106 Å². The molecule has 8 aromatic carbocycles. The highest BCUT2D eigenvalue weighted by Gasteiger charge is 2.21. The number of allylic oxidation sites excluding steroid dienone is 1. The Balaban J connectivity index is 1.21. The number of aryl methyl sites for hydroxylation is 1. The monoisotopic (exact) mass is 775 g/mol. The van der Waals surface area contributed by atoms with Gasteiger partial charge >= 0.3 is 0 Å². The van der Waals surface area contributed by atoms with Crippen molar-refractivity contribution in [3.63, 3.8) is 0 Å². The normalized spacial score (nSPS) is 12.1. The molecule has 0 aliphatic carbocycles. The molecule has 282 valence electrons. The number of aromatic nitrogens is 2. The Morgan fingerprint density at radius 1 is 0.492 bits per heavy atom. The second kappa shape index (κ2) is 15.7. The summed E-state index contributed by atoms with van der Waals surface area (Å²) >= 11 is 1.72. The summed E-state index contributed by atoms with van der Waals surface area (Å²) in [4.78, 5) is 10.8. The van der Waals surface area contributed by atoms with E-state index in [1.54, 1.807) is 11.3 Å². The van der Waals surface area contributed by atoms with Gasteiger partial charge in [0.1, 0.15) is 5.01 Å². The number of anilines is 1. The fourth-order valence-corrected chi connectivity index (χ4v) is 9.08. The molecule has 0 bridgehead atoms. The fourth-order valence-electron chi connectivity index (χ4n) is 8.12. The molecule has 1 N–H and O–H groups in total. The van der Waals surface area contributed by atoms with Crippen LogP contribution in [0.1, 0.15) is 24.1 Å². The molecular weight excluding hydrogens is 735 g/mol. The van der Waals surface area contributed by atoms with Crippen molar-refractivity contribution >= 4 is 48.8 Å². The Hall–Kier alpha value is -7.14.